The van der Waals surface area contributed by atoms with Gasteiger partial charge in [0.25, 0.3) is 0 Å². The molecule has 1 aliphatic carbocycles. The highest BCUT2D eigenvalue weighted by molar-refractivity contribution is 4.91. The molecule has 4 nitrogen and oxygen atoms in total. The summed E-state index contributed by atoms with van der Waals surface area (Å²) in [4.78, 5) is 13.4. The van der Waals surface area contributed by atoms with E-state index in [0.29, 0.717) is 12.1 Å². The molecule has 2 fully saturated rings. The van der Waals surface area contributed by atoms with Gasteiger partial charge < -0.3 is 4.74 Å². The molecule has 1 heterocycles. The van der Waals surface area contributed by atoms with Crippen LogP contribution in [0, 0.1) is 4.91 Å². The topological polar surface area (TPSA) is 41.9 Å². The second kappa shape index (κ2) is 7.19. The number of ether oxygens (including phenoxy) is 1. The third-order valence-electron chi connectivity index (χ3n) is 4.33. The quantitative estimate of drug-likeness (QED) is 0.540. The van der Waals surface area contributed by atoms with E-state index in [4.69, 9.17) is 4.74 Å². The molecule has 3 atom stereocenters. The first-order valence-electron chi connectivity index (χ1n) is 7.53. The Labute approximate surface area is 110 Å². The van der Waals surface area contributed by atoms with Gasteiger partial charge in [0, 0.05) is 25.7 Å². The SMILES string of the molecule is CCCCO[C@@H]1CCN([C@@H]2CCCC[C@@H]2N=O)C1. The maximum atomic E-state index is 10.9. The van der Waals surface area contributed by atoms with Gasteiger partial charge in [-0.25, -0.2) is 0 Å². The largest absolute Gasteiger partial charge is 0.377 e. The third kappa shape index (κ3) is 3.51. The van der Waals surface area contributed by atoms with Crippen LogP contribution in [0.5, 0.6) is 0 Å². The standard InChI is InChI=1S/C14H26N2O2/c1-2-3-10-18-12-8-9-16(11-12)14-7-5-4-6-13(14)15-17/h12-14H,2-11H2,1H3/t12-,13+,14-/m1/s1. The number of hydrogen-bond acceptors (Lipinski definition) is 4. The van der Waals surface area contributed by atoms with Gasteiger partial charge in [-0.1, -0.05) is 31.4 Å². The lowest BCUT2D eigenvalue weighted by molar-refractivity contribution is 0.0494. The molecule has 2 aliphatic rings. The Morgan fingerprint density at radius 1 is 1.28 bits per heavy atom. The highest BCUT2D eigenvalue weighted by Gasteiger charge is 2.35. The minimum absolute atomic E-state index is 0.0214. The molecule has 0 N–H and O–H groups in total. The number of rotatable bonds is 6. The summed E-state index contributed by atoms with van der Waals surface area (Å²) >= 11 is 0. The summed E-state index contributed by atoms with van der Waals surface area (Å²) in [6.45, 7) is 5.15. The third-order valence-corrected chi connectivity index (χ3v) is 4.33. The van der Waals surface area contributed by atoms with Gasteiger partial charge in [0.15, 0.2) is 0 Å². The molecule has 0 aromatic rings. The Bertz CT molecular complexity index is 260. The van der Waals surface area contributed by atoms with Crippen LogP contribution >= 0.6 is 0 Å². The fraction of sp³-hybridized carbons (Fsp3) is 1.00. The van der Waals surface area contributed by atoms with E-state index in [9.17, 15) is 4.91 Å². The van der Waals surface area contributed by atoms with Crippen LogP contribution in [0.2, 0.25) is 0 Å². The molecule has 2 rings (SSSR count). The fourth-order valence-corrected chi connectivity index (χ4v) is 3.23. The van der Waals surface area contributed by atoms with Crippen LogP contribution in [0.15, 0.2) is 5.18 Å². The average molecular weight is 254 g/mol. The zero-order chi connectivity index (χ0) is 12.8. The van der Waals surface area contributed by atoms with E-state index < -0.39 is 0 Å². The molecule has 4 heteroatoms. The second-order valence-corrected chi connectivity index (χ2v) is 5.65. The summed E-state index contributed by atoms with van der Waals surface area (Å²) in [5.41, 5.74) is 0. The molecule has 18 heavy (non-hydrogen) atoms. The van der Waals surface area contributed by atoms with Crippen molar-refractivity contribution in [2.75, 3.05) is 19.7 Å². The molecular formula is C14H26N2O2. The molecule has 0 aromatic heterocycles. The van der Waals surface area contributed by atoms with Crippen LogP contribution in [0.4, 0.5) is 0 Å². The van der Waals surface area contributed by atoms with Gasteiger partial charge in [0.1, 0.15) is 6.04 Å². The van der Waals surface area contributed by atoms with E-state index in [1.54, 1.807) is 0 Å². The normalized spacial score (nSPS) is 33.7. The van der Waals surface area contributed by atoms with Gasteiger partial charge in [-0.3, -0.25) is 4.90 Å². The zero-order valence-electron chi connectivity index (χ0n) is 11.5. The van der Waals surface area contributed by atoms with Crippen molar-refractivity contribution in [1.29, 1.82) is 0 Å². The van der Waals surface area contributed by atoms with Crippen LogP contribution < -0.4 is 0 Å². The molecule has 0 aromatic carbocycles. The van der Waals surface area contributed by atoms with Crippen molar-refractivity contribution < 1.29 is 4.74 Å². The molecule has 1 saturated carbocycles. The van der Waals surface area contributed by atoms with E-state index in [2.05, 4.69) is 17.0 Å². The Balaban J connectivity index is 1.78. The molecule has 1 saturated heterocycles. The van der Waals surface area contributed by atoms with Gasteiger partial charge in [-0.15, -0.1) is 0 Å². The highest BCUT2D eigenvalue weighted by Crippen LogP contribution is 2.28. The number of unbranched alkanes of at least 4 members (excludes halogenated alkanes) is 1. The van der Waals surface area contributed by atoms with Crippen molar-refractivity contribution in [2.24, 2.45) is 5.18 Å². The van der Waals surface area contributed by atoms with E-state index in [0.717, 1.165) is 51.8 Å². The van der Waals surface area contributed by atoms with Gasteiger partial charge >= 0.3 is 0 Å². The first kappa shape index (κ1) is 13.9. The maximum Gasteiger partial charge on any atom is 0.107 e. The first-order valence-corrected chi connectivity index (χ1v) is 7.53. The lowest BCUT2D eigenvalue weighted by Crippen LogP contribution is -2.43. The summed E-state index contributed by atoms with van der Waals surface area (Å²) in [7, 11) is 0. The second-order valence-electron chi connectivity index (χ2n) is 5.65. The van der Waals surface area contributed by atoms with Crippen LogP contribution in [-0.2, 0) is 4.74 Å². The van der Waals surface area contributed by atoms with E-state index in [-0.39, 0.29) is 6.04 Å². The van der Waals surface area contributed by atoms with Crippen molar-refractivity contribution >= 4 is 0 Å². The lowest BCUT2D eigenvalue weighted by Gasteiger charge is -2.34. The Hall–Kier alpha value is -0.480. The Morgan fingerprint density at radius 3 is 2.89 bits per heavy atom. The Kier molecular flexibility index (Phi) is 5.57. The lowest BCUT2D eigenvalue weighted by atomic mass is 9.90. The number of likely N-dealkylation sites (tertiary alicyclic amines) is 1. The molecule has 0 unspecified atom stereocenters. The molecule has 0 spiro atoms. The Morgan fingerprint density at radius 2 is 2.11 bits per heavy atom. The minimum atomic E-state index is 0.0214. The van der Waals surface area contributed by atoms with Gasteiger partial charge in [-0.05, 0) is 25.7 Å². The molecule has 1 aliphatic heterocycles. The van der Waals surface area contributed by atoms with Crippen molar-refractivity contribution in [3.63, 3.8) is 0 Å². The van der Waals surface area contributed by atoms with Crippen LogP contribution in [0.3, 0.4) is 0 Å². The van der Waals surface area contributed by atoms with Gasteiger partial charge in [-0.2, -0.15) is 4.91 Å². The summed E-state index contributed by atoms with van der Waals surface area (Å²) in [6, 6.07) is 0.407. The van der Waals surface area contributed by atoms with Crippen molar-refractivity contribution in [3.8, 4) is 0 Å². The summed E-state index contributed by atoms with van der Waals surface area (Å²) in [5, 5.41) is 3.34. The van der Waals surface area contributed by atoms with Crippen molar-refractivity contribution in [3.05, 3.63) is 4.91 Å². The van der Waals surface area contributed by atoms with Gasteiger partial charge in [0.2, 0.25) is 0 Å². The minimum Gasteiger partial charge on any atom is -0.377 e. The number of nitrogens with zero attached hydrogens (tertiary/aromatic N) is 2. The molecule has 0 amide bonds. The van der Waals surface area contributed by atoms with E-state index >= 15 is 0 Å². The van der Waals surface area contributed by atoms with Crippen molar-refractivity contribution in [1.82, 2.24) is 4.90 Å². The molecule has 104 valence electrons. The van der Waals surface area contributed by atoms with Crippen LogP contribution in [-0.4, -0.2) is 42.8 Å². The zero-order valence-corrected chi connectivity index (χ0v) is 11.5. The van der Waals surface area contributed by atoms with Gasteiger partial charge in [0.05, 0.1) is 6.10 Å². The smallest absolute Gasteiger partial charge is 0.107 e. The average Bonchev–Trinajstić information content (AvgIpc) is 2.88. The number of hydrogen-bond donors (Lipinski definition) is 0. The van der Waals surface area contributed by atoms with E-state index in [1.807, 2.05) is 0 Å². The van der Waals surface area contributed by atoms with E-state index in [1.165, 1.54) is 12.8 Å². The molecule has 0 radical (unpaired) electrons. The summed E-state index contributed by atoms with van der Waals surface area (Å²) in [5.74, 6) is 0. The maximum absolute atomic E-state index is 10.9. The highest BCUT2D eigenvalue weighted by atomic mass is 16.5. The number of nitroso groups, excluding NO2 is 1. The van der Waals surface area contributed by atoms with Crippen LogP contribution in [0.1, 0.15) is 51.9 Å². The summed E-state index contributed by atoms with van der Waals surface area (Å²) in [6.07, 6.45) is 8.36. The molecular weight excluding hydrogens is 228 g/mol. The predicted molar refractivity (Wildman–Crippen MR) is 72.7 cm³/mol. The first-order chi connectivity index (χ1) is 8.85. The summed E-state index contributed by atoms with van der Waals surface area (Å²) < 4.78 is 5.88. The fourth-order valence-electron chi connectivity index (χ4n) is 3.23. The monoisotopic (exact) mass is 254 g/mol. The molecule has 0 bridgehead atoms. The predicted octanol–water partition coefficient (Wildman–Crippen LogP) is 2.96. The van der Waals surface area contributed by atoms with Crippen LogP contribution in [0.25, 0.3) is 0 Å². The van der Waals surface area contributed by atoms with Crippen molar-refractivity contribution in [2.45, 2.75) is 70.1 Å².